The molecular formula is C33H41FN2O2. The van der Waals surface area contributed by atoms with E-state index in [0.29, 0.717) is 29.3 Å². The molecule has 2 aromatic carbocycles. The molecule has 0 saturated heterocycles. The van der Waals surface area contributed by atoms with Crippen LogP contribution in [0.2, 0.25) is 0 Å². The standard InChI is InChI=1S/C33H41FN2O2/c1-23(25-12-7-13-26(16-15-25)33-30-18-17-29(34)21-31(30)38-36-33)20-27-10-5-6-11-28(27)22-35-32(37)19-14-24-8-3-2-4-9-24/h2-4,8-9,14,17-19,21,23,25-28H,5-7,10-13,15-16,20,22H2,1H3,(H,35,37). The quantitative estimate of drug-likeness (QED) is 0.242. The molecule has 1 aromatic heterocycles. The number of hydrogen-bond donors (Lipinski definition) is 1. The number of nitrogens with zero attached hydrogens (tertiary/aromatic N) is 1. The lowest BCUT2D eigenvalue weighted by Gasteiger charge is -2.35. The molecule has 1 heterocycles. The number of fused-ring (bicyclic) bond motifs is 1. The van der Waals surface area contributed by atoms with Crippen LogP contribution in [0.4, 0.5) is 4.39 Å². The zero-order valence-corrected chi connectivity index (χ0v) is 22.6. The molecule has 5 unspecified atom stereocenters. The van der Waals surface area contributed by atoms with Gasteiger partial charge in [0.25, 0.3) is 0 Å². The largest absolute Gasteiger partial charge is 0.356 e. The number of benzene rings is 2. The van der Waals surface area contributed by atoms with Gasteiger partial charge in [-0.2, -0.15) is 0 Å². The highest BCUT2D eigenvalue weighted by atomic mass is 19.1. The minimum absolute atomic E-state index is 0.00385. The molecule has 1 N–H and O–H groups in total. The predicted molar refractivity (Wildman–Crippen MR) is 151 cm³/mol. The predicted octanol–water partition coefficient (Wildman–Crippen LogP) is 8.29. The molecule has 0 aliphatic heterocycles. The van der Waals surface area contributed by atoms with E-state index in [1.54, 1.807) is 6.08 Å². The van der Waals surface area contributed by atoms with Crippen LogP contribution in [-0.2, 0) is 4.79 Å². The van der Waals surface area contributed by atoms with Crippen LogP contribution in [-0.4, -0.2) is 17.6 Å². The summed E-state index contributed by atoms with van der Waals surface area (Å²) in [6.07, 6.45) is 15.8. The van der Waals surface area contributed by atoms with Crippen molar-refractivity contribution in [3.05, 3.63) is 71.7 Å². The monoisotopic (exact) mass is 516 g/mol. The van der Waals surface area contributed by atoms with Crippen LogP contribution in [0.25, 0.3) is 17.0 Å². The number of aromatic nitrogens is 1. The summed E-state index contributed by atoms with van der Waals surface area (Å²) in [4.78, 5) is 12.5. The Balaban J connectivity index is 1.13. The molecule has 5 atom stereocenters. The molecule has 4 nitrogen and oxygen atoms in total. The van der Waals surface area contributed by atoms with Gasteiger partial charge in [-0.1, -0.05) is 74.5 Å². The maximum absolute atomic E-state index is 13.6. The van der Waals surface area contributed by atoms with Crippen molar-refractivity contribution in [3.63, 3.8) is 0 Å². The summed E-state index contributed by atoms with van der Waals surface area (Å²) in [5.74, 6) is 2.77. The molecule has 1 amide bonds. The maximum atomic E-state index is 13.6. The van der Waals surface area contributed by atoms with Crippen molar-refractivity contribution in [3.8, 4) is 0 Å². The van der Waals surface area contributed by atoms with Crippen molar-refractivity contribution in [2.75, 3.05) is 6.54 Å². The third-order valence-corrected chi connectivity index (χ3v) is 9.17. The number of hydrogen-bond acceptors (Lipinski definition) is 3. The maximum Gasteiger partial charge on any atom is 0.244 e. The number of nitrogens with one attached hydrogen (secondary N) is 1. The van der Waals surface area contributed by atoms with Crippen LogP contribution in [0.3, 0.4) is 0 Å². The van der Waals surface area contributed by atoms with Gasteiger partial charge in [-0.15, -0.1) is 0 Å². The Kier molecular flexibility index (Phi) is 8.93. The average molecular weight is 517 g/mol. The summed E-state index contributed by atoms with van der Waals surface area (Å²) in [5.41, 5.74) is 2.61. The van der Waals surface area contributed by atoms with Gasteiger partial charge >= 0.3 is 0 Å². The topological polar surface area (TPSA) is 55.1 Å². The Morgan fingerprint density at radius 2 is 1.84 bits per heavy atom. The molecule has 3 aromatic rings. The van der Waals surface area contributed by atoms with Gasteiger partial charge in [0.1, 0.15) is 5.82 Å². The molecule has 0 bridgehead atoms. The van der Waals surface area contributed by atoms with Crippen molar-refractivity contribution >= 4 is 23.0 Å². The fraction of sp³-hybridized carbons (Fsp3) is 0.515. The van der Waals surface area contributed by atoms with E-state index in [2.05, 4.69) is 17.4 Å². The summed E-state index contributed by atoms with van der Waals surface area (Å²) in [5, 5.41) is 8.52. The van der Waals surface area contributed by atoms with E-state index in [-0.39, 0.29) is 11.7 Å². The zero-order chi connectivity index (χ0) is 26.3. The average Bonchev–Trinajstić information content (AvgIpc) is 3.19. The molecule has 2 aliphatic rings. The second-order valence-corrected chi connectivity index (χ2v) is 11.7. The second-order valence-electron chi connectivity index (χ2n) is 11.7. The molecule has 202 valence electrons. The van der Waals surface area contributed by atoms with Gasteiger partial charge in [-0.05, 0) is 79.5 Å². The van der Waals surface area contributed by atoms with Crippen LogP contribution in [0.1, 0.15) is 88.3 Å². The zero-order valence-electron chi connectivity index (χ0n) is 22.6. The molecule has 38 heavy (non-hydrogen) atoms. The van der Waals surface area contributed by atoms with Gasteiger partial charge in [0.15, 0.2) is 5.58 Å². The lowest BCUT2D eigenvalue weighted by atomic mass is 9.72. The van der Waals surface area contributed by atoms with Crippen LogP contribution in [0.15, 0.2) is 59.1 Å². The van der Waals surface area contributed by atoms with Gasteiger partial charge in [0.05, 0.1) is 5.69 Å². The number of halogens is 1. The Bertz CT molecular complexity index is 1220. The Labute approximate surface area is 226 Å². The van der Waals surface area contributed by atoms with Crippen molar-refractivity contribution in [1.29, 1.82) is 0 Å². The number of carbonyl (C=O) groups excluding carboxylic acids is 1. The summed E-state index contributed by atoms with van der Waals surface area (Å²) in [6.45, 7) is 3.23. The lowest BCUT2D eigenvalue weighted by molar-refractivity contribution is -0.116. The number of rotatable bonds is 8. The van der Waals surface area contributed by atoms with E-state index in [1.807, 2.05) is 42.5 Å². The van der Waals surface area contributed by atoms with E-state index in [1.165, 1.54) is 63.5 Å². The van der Waals surface area contributed by atoms with E-state index in [0.717, 1.165) is 41.9 Å². The lowest BCUT2D eigenvalue weighted by Crippen LogP contribution is -2.34. The molecule has 2 fully saturated rings. The first-order valence-corrected chi connectivity index (χ1v) is 14.6. The highest BCUT2D eigenvalue weighted by Crippen LogP contribution is 2.42. The summed E-state index contributed by atoms with van der Waals surface area (Å²) < 4.78 is 19.1. The van der Waals surface area contributed by atoms with E-state index in [9.17, 15) is 9.18 Å². The first-order valence-electron chi connectivity index (χ1n) is 14.6. The highest BCUT2D eigenvalue weighted by Gasteiger charge is 2.31. The third kappa shape index (κ3) is 6.73. The number of carbonyl (C=O) groups is 1. The Hall–Kier alpha value is -2.95. The number of amides is 1. The van der Waals surface area contributed by atoms with Gasteiger partial charge in [0, 0.05) is 30.0 Å². The van der Waals surface area contributed by atoms with E-state index in [4.69, 9.17) is 4.52 Å². The van der Waals surface area contributed by atoms with Gasteiger partial charge < -0.3 is 9.84 Å². The van der Waals surface area contributed by atoms with Crippen molar-refractivity contribution in [1.82, 2.24) is 10.5 Å². The molecule has 2 saturated carbocycles. The second kappa shape index (κ2) is 12.7. The smallest absolute Gasteiger partial charge is 0.244 e. The SMILES string of the molecule is CC(CC1CCCCC1CNC(=O)C=Cc1ccccc1)C1CCCC(c2noc3cc(F)ccc23)CC1. The minimum atomic E-state index is -0.279. The van der Waals surface area contributed by atoms with Crippen molar-refractivity contribution < 1.29 is 13.7 Å². The van der Waals surface area contributed by atoms with Crippen LogP contribution < -0.4 is 5.32 Å². The van der Waals surface area contributed by atoms with Crippen molar-refractivity contribution in [2.24, 2.45) is 23.7 Å². The first kappa shape index (κ1) is 26.6. The molecule has 5 rings (SSSR count). The van der Waals surface area contributed by atoms with E-state index >= 15 is 0 Å². The van der Waals surface area contributed by atoms with Gasteiger partial charge in [0.2, 0.25) is 5.91 Å². The Morgan fingerprint density at radius 1 is 1.03 bits per heavy atom. The first-order chi connectivity index (χ1) is 18.6. The van der Waals surface area contributed by atoms with Crippen molar-refractivity contribution in [2.45, 2.75) is 77.0 Å². The molecule has 0 spiro atoms. The normalized spacial score (nSPS) is 25.3. The van der Waals surface area contributed by atoms with Crippen LogP contribution in [0.5, 0.6) is 0 Å². The summed E-state index contributed by atoms with van der Waals surface area (Å²) in [6, 6.07) is 14.7. The van der Waals surface area contributed by atoms with Gasteiger partial charge in [-0.25, -0.2) is 4.39 Å². The summed E-state index contributed by atoms with van der Waals surface area (Å²) >= 11 is 0. The fourth-order valence-corrected chi connectivity index (χ4v) is 6.96. The Morgan fingerprint density at radius 3 is 2.68 bits per heavy atom. The third-order valence-electron chi connectivity index (χ3n) is 9.17. The fourth-order valence-electron chi connectivity index (χ4n) is 6.96. The van der Waals surface area contributed by atoms with Crippen LogP contribution >= 0.6 is 0 Å². The highest BCUT2D eigenvalue weighted by molar-refractivity contribution is 5.91. The summed E-state index contributed by atoms with van der Waals surface area (Å²) in [7, 11) is 0. The molecule has 5 heteroatoms. The molecule has 0 radical (unpaired) electrons. The molecular weight excluding hydrogens is 475 g/mol. The van der Waals surface area contributed by atoms with E-state index < -0.39 is 0 Å². The minimum Gasteiger partial charge on any atom is -0.356 e. The molecule has 2 aliphatic carbocycles. The van der Waals surface area contributed by atoms with Gasteiger partial charge in [-0.3, -0.25) is 4.79 Å². The van der Waals surface area contributed by atoms with Crippen LogP contribution in [0, 0.1) is 29.5 Å².